The molecule has 0 bridgehead atoms. The van der Waals surface area contributed by atoms with Crippen LogP contribution >= 0.6 is 0 Å². The van der Waals surface area contributed by atoms with E-state index in [2.05, 4.69) is 0 Å². The molecule has 1 saturated heterocycles. The van der Waals surface area contributed by atoms with Crippen molar-refractivity contribution in [2.75, 3.05) is 5.73 Å². The second kappa shape index (κ2) is 6.94. The number of benzene rings is 1. The van der Waals surface area contributed by atoms with Crippen molar-refractivity contribution < 1.29 is 14.3 Å². The fraction of sp³-hybridized carbons (Fsp3) is 0.588. The first-order valence-corrected chi connectivity index (χ1v) is 7.64. The second-order valence-corrected chi connectivity index (χ2v) is 6.11. The first-order chi connectivity index (χ1) is 9.94. The van der Waals surface area contributed by atoms with E-state index in [0.29, 0.717) is 6.42 Å². The van der Waals surface area contributed by atoms with Crippen molar-refractivity contribution in [3.8, 4) is 0 Å². The summed E-state index contributed by atoms with van der Waals surface area (Å²) in [6, 6.07) is 7.65. The topological polar surface area (TPSA) is 61.5 Å². The minimum Gasteiger partial charge on any atom is -0.462 e. The maximum atomic E-state index is 12.1. The molecular formula is C17H25NO3. The smallest absolute Gasteiger partial charge is 0.306 e. The summed E-state index contributed by atoms with van der Waals surface area (Å²) in [5, 5.41) is 0. The van der Waals surface area contributed by atoms with Gasteiger partial charge < -0.3 is 15.2 Å². The molecule has 0 radical (unpaired) electrons. The average Bonchev–Trinajstić information content (AvgIpc) is 2.37. The van der Waals surface area contributed by atoms with Gasteiger partial charge >= 0.3 is 5.97 Å². The third-order valence-electron chi connectivity index (χ3n) is 3.93. The average molecular weight is 291 g/mol. The van der Waals surface area contributed by atoms with E-state index in [4.69, 9.17) is 15.2 Å². The summed E-state index contributed by atoms with van der Waals surface area (Å²) in [6.45, 7) is 6.07. The second-order valence-electron chi connectivity index (χ2n) is 6.11. The Hall–Kier alpha value is -1.55. The zero-order valence-electron chi connectivity index (χ0n) is 13.0. The van der Waals surface area contributed by atoms with Crippen LogP contribution in [0.25, 0.3) is 0 Å². The van der Waals surface area contributed by atoms with E-state index in [-0.39, 0.29) is 30.2 Å². The molecule has 0 saturated carbocycles. The van der Waals surface area contributed by atoms with Crippen LogP contribution in [0.1, 0.15) is 51.5 Å². The molecule has 1 aromatic carbocycles. The monoisotopic (exact) mass is 291 g/mol. The number of hydrogen-bond acceptors (Lipinski definition) is 4. The Kier molecular flexibility index (Phi) is 5.23. The van der Waals surface area contributed by atoms with Crippen LogP contribution in [0.15, 0.2) is 24.3 Å². The van der Waals surface area contributed by atoms with Gasteiger partial charge in [0.1, 0.15) is 6.10 Å². The lowest BCUT2D eigenvalue weighted by Crippen LogP contribution is -2.35. The van der Waals surface area contributed by atoms with Crippen LogP contribution in [0.4, 0.5) is 5.69 Å². The van der Waals surface area contributed by atoms with Gasteiger partial charge in [-0.1, -0.05) is 19.1 Å². The van der Waals surface area contributed by atoms with Crippen LogP contribution < -0.4 is 5.73 Å². The quantitative estimate of drug-likeness (QED) is 0.683. The number of nitrogens with two attached hydrogens (primary N) is 1. The Morgan fingerprint density at radius 2 is 1.86 bits per heavy atom. The van der Waals surface area contributed by atoms with Gasteiger partial charge in [0.05, 0.1) is 18.6 Å². The third kappa shape index (κ3) is 4.74. The molecule has 21 heavy (non-hydrogen) atoms. The molecule has 1 fully saturated rings. The lowest BCUT2D eigenvalue weighted by molar-refractivity contribution is -0.160. The van der Waals surface area contributed by atoms with E-state index in [0.717, 1.165) is 24.1 Å². The Bertz CT molecular complexity index is 461. The van der Waals surface area contributed by atoms with E-state index >= 15 is 0 Å². The SMILES string of the molecule is CC1CC(OC(=O)CC(C)c2ccc(N)cc2)CC(C)O1. The van der Waals surface area contributed by atoms with Crippen LogP contribution in [0, 0.1) is 0 Å². The third-order valence-corrected chi connectivity index (χ3v) is 3.93. The Morgan fingerprint density at radius 1 is 1.29 bits per heavy atom. The molecule has 4 heteroatoms. The number of hydrogen-bond donors (Lipinski definition) is 1. The van der Waals surface area contributed by atoms with E-state index in [1.165, 1.54) is 0 Å². The van der Waals surface area contributed by atoms with Gasteiger partial charge in [0.15, 0.2) is 0 Å². The van der Waals surface area contributed by atoms with E-state index in [1.54, 1.807) is 0 Å². The summed E-state index contributed by atoms with van der Waals surface area (Å²) in [7, 11) is 0. The number of ether oxygens (including phenoxy) is 2. The molecule has 0 spiro atoms. The fourth-order valence-electron chi connectivity index (χ4n) is 2.87. The number of carbonyl (C=O) groups excluding carboxylic acids is 1. The summed E-state index contributed by atoms with van der Waals surface area (Å²) in [6.07, 6.45) is 2.25. The van der Waals surface area contributed by atoms with Crippen LogP contribution in [0.5, 0.6) is 0 Å². The molecule has 3 atom stereocenters. The molecule has 1 aliphatic heterocycles. The van der Waals surface area contributed by atoms with Gasteiger partial charge in [-0.15, -0.1) is 0 Å². The van der Waals surface area contributed by atoms with Gasteiger partial charge in [-0.05, 0) is 37.5 Å². The highest BCUT2D eigenvalue weighted by Gasteiger charge is 2.27. The van der Waals surface area contributed by atoms with Gasteiger partial charge in [0.25, 0.3) is 0 Å². The molecule has 2 rings (SSSR count). The zero-order valence-corrected chi connectivity index (χ0v) is 13.0. The number of rotatable bonds is 4. The predicted octanol–water partition coefficient (Wildman–Crippen LogP) is 3.26. The van der Waals surface area contributed by atoms with Crippen molar-refractivity contribution >= 4 is 11.7 Å². The van der Waals surface area contributed by atoms with Crippen molar-refractivity contribution in [1.29, 1.82) is 0 Å². The normalized spacial score (nSPS) is 27.1. The molecule has 0 aromatic heterocycles. The van der Waals surface area contributed by atoms with Gasteiger partial charge in [0.2, 0.25) is 0 Å². The highest BCUT2D eigenvalue weighted by molar-refractivity contribution is 5.70. The number of carbonyl (C=O) groups is 1. The van der Waals surface area contributed by atoms with E-state index in [1.807, 2.05) is 45.0 Å². The molecule has 4 nitrogen and oxygen atoms in total. The maximum absolute atomic E-state index is 12.1. The first-order valence-electron chi connectivity index (χ1n) is 7.64. The van der Waals surface area contributed by atoms with Crippen LogP contribution in [0.3, 0.4) is 0 Å². The van der Waals surface area contributed by atoms with Crippen LogP contribution in [-0.4, -0.2) is 24.3 Å². The van der Waals surface area contributed by atoms with Crippen molar-refractivity contribution in [2.24, 2.45) is 0 Å². The van der Waals surface area contributed by atoms with Crippen molar-refractivity contribution in [3.05, 3.63) is 29.8 Å². The van der Waals surface area contributed by atoms with Crippen molar-refractivity contribution in [2.45, 2.75) is 64.3 Å². The lowest BCUT2D eigenvalue weighted by atomic mass is 9.97. The maximum Gasteiger partial charge on any atom is 0.306 e. The molecule has 1 aromatic rings. The molecule has 0 aliphatic carbocycles. The van der Waals surface area contributed by atoms with Gasteiger partial charge in [-0.2, -0.15) is 0 Å². The Morgan fingerprint density at radius 3 is 2.43 bits per heavy atom. The molecule has 1 aliphatic rings. The van der Waals surface area contributed by atoms with Crippen molar-refractivity contribution in [3.63, 3.8) is 0 Å². The lowest BCUT2D eigenvalue weighted by Gasteiger charge is -2.31. The number of esters is 1. The molecule has 1 heterocycles. The molecule has 0 amide bonds. The Labute approximate surface area is 126 Å². The minimum absolute atomic E-state index is 0.0186. The van der Waals surface area contributed by atoms with Gasteiger partial charge in [0, 0.05) is 18.5 Å². The summed E-state index contributed by atoms with van der Waals surface area (Å²) in [5.74, 6) is -0.00147. The van der Waals surface area contributed by atoms with Gasteiger partial charge in [-0.3, -0.25) is 4.79 Å². The molecule has 116 valence electrons. The molecule has 2 N–H and O–H groups in total. The summed E-state index contributed by atoms with van der Waals surface area (Å²) < 4.78 is 11.3. The Balaban J connectivity index is 1.85. The standard InChI is InChI=1S/C17H25NO3/c1-11(14-4-6-15(18)7-5-14)8-17(19)21-16-9-12(2)20-13(3)10-16/h4-7,11-13,16H,8-10,18H2,1-3H3. The summed E-state index contributed by atoms with van der Waals surface area (Å²) >= 11 is 0. The van der Waals surface area contributed by atoms with Crippen LogP contribution in [0.2, 0.25) is 0 Å². The minimum atomic E-state index is -0.134. The summed E-state index contributed by atoms with van der Waals surface area (Å²) in [5.41, 5.74) is 7.52. The predicted molar refractivity (Wildman–Crippen MR) is 83.0 cm³/mol. The highest BCUT2D eigenvalue weighted by Crippen LogP contribution is 2.24. The summed E-state index contributed by atoms with van der Waals surface area (Å²) in [4.78, 5) is 12.1. The largest absolute Gasteiger partial charge is 0.462 e. The molecule has 3 unspecified atom stereocenters. The van der Waals surface area contributed by atoms with E-state index in [9.17, 15) is 4.79 Å². The fourth-order valence-corrected chi connectivity index (χ4v) is 2.87. The van der Waals surface area contributed by atoms with E-state index < -0.39 is 0 Å². The first kappa shape index (κ1) is 15.8. The zero-order chi connectivity index (χ0) is 15.4. The van der Waals surface area contributed by atoms with Crippen molar-refractivity contribution in [1.82, 2.24) is 0 Å². The molecular weight excluding hydrogens is 266 g/mol. The van der Waals surface area contributed by atoms with Crippen LogP contribution in [-0.2, 0) is 14.3 Å². The number of nitrogen functional groups attached to an aromatic ring is 1. The van der Waals surface area contributed by atoms with Gasteiger partial charge in [-0.25, -0.2) is 0 Å². The number of anilines is 1. The highest BCUT2D eigenvalue weighted by atomic mass is 16.6.